The van der Waals surface area contributed by atoms with Crippen LogP contribution in [0.3, 0.4) is 0 Å². The molecule has 1 aromatic carbocycles. The van der Waals surface area contributed by atoms with Crippen LogP contribution in [-0.4, -0.2) is 57.4 Å². The second-order valence-electron chi connectivity index (χ2n) is 6.46. The number of nitrogens with zero attached hydrogens (tertiary/aromatic N) is 1. The minimum Gasteiger partial charge on any atom is -0.349 e. The Bertz CT molecular complexity index is 699. The van der Waals surface area contributed by atoms with Crippen LogP contribution < -0.4 is 10.2 Å². The molecule has 2 rings (SSSR count). The number of quaternary nitrogens is 1. The first kappa shape index (κ1) is 19.4. The van der Waals surface area contributed by atoms with Gasteiger partial charge in [-0.1, -0.05) is 22.0 Å². The van der Waals surface area contributed by atoms with E-state index in [1.165, 1.54) is 4.31 Å². The summed E-state index contributed by atoms with van der Waals surface area (Å²) in [6.07, 6.45) is 0. The number of carbonyl (C=O) groups is 1. The van der Waals surface area contributed by atoms with E-state index in [2.05, 4.69) is 21.2 Å². The van der Waals surface area contributed by atoms with Crippen molar-refractivity contribution in [3.05, 3.63) is 28.2 Å². The van der Waals surface area contributed by atoms with Crippen molar-refractivity contribution in [1.29, 1.82) is 0 Å². The number of amides is 1. The van der Waals surface area contributed by atoms with Gasteiger partial charge in [0.2, 0.25) is 10.0 Å². The van der Waals surface area contributed by atoms with E-state index in [4.69, 9.17) is 0 Å². The number of aryl methyl sites for hydroxylation is 1. The van der Waals surface area contributed by atoms with E-state index in [1.807, 2.05) is 19.9 Å². The topological polar surface area (TPSA) is 70.9 Å². The molecule has 0 spiro atoms. The monoisotopic (exact) mass is 418 g/mol. The van der Waals surface area contributed by atoms with Gasteiger partial charge < -0.3 is 10.2 Å². The number of sulfonamides is 1. The number of nitrogens with one attached hydrogen (secondary N) is 2. The van der Waals surface area contributed by atoms with Gasteiger partial charge in [0.25, 0.3) is 5.91 Å². The second-order valence-corrected chi connectivity index (χ2v) is 9.28. The number of hydrogen-bond donors (Lipinski definition) is 2. The number of piperazine rings is 1. The first-order chi connectivity index (χ1) is 11.2. The maximum atomic E-state index is 12.9. The van der Waals surface area contributed by atoms with Gasteiger partial charge in [-0.25, -0.2) is 8.42 Å². The van der Waals surface area contributed by atoms with Crippen LogP contribution in [-0.2, 0) is 14.8 Å². The molecule has 8 heteroatoms. The molecule has 0 aromatic heterocycles. The third kappa shape index (κ3) is 4.78. The summed E-state index contributed by atoms with van der Waals surface area (Å²) in [4.78, 5) is 13.3. The lowest BCUT2D eigenvalue weighted by Gasteiger charge is -2.31. The number of rotatable bonds is 5. The zero-order valence-electron chi connectivity index (χ0n) is 14.3. The maximum absolute atomic E-state index is 12.9. The average Bonchev–Trinajstić information content (AvgIpc) is 2.49. The van der Waals surface area contributed by atoms with Crippen LogP contribution in [0.5, 0.6) is 0 Å². The van der Waals surface area contributed by atoms with E-state index in [-0.39, 0.29) is 11.9 Å². The normalized spacial score (nSPS) is 17.2. The molecular formula is C16H25BrN3O3S+. The Kier molecular flexibility index (Phi) is 6.41. The van der Waals surface area contributed by atoms with Gasteiger partial charge in [-0.05, 0) is 38.5 Å². The molecule has 0 bridgehead atoms. The fourth-order valence-corrected chi connectivity index (χ4v) is 5.02. The van der Waals surface area contributed by atoms with E-state index >= 15 is 0 Å². The predicted octanol–water partition coefficient (Wildman–Crippen LogP) is 0.171. The summed E-state index contributed by atoms with van der Waals surface area (Å²) in [5, 5.41) is 2.87. The Balaban J connectivity index is 2.01. The smallest absolute Gasteiger partial charge is 0.275 e. The molecule has 1 heterocycles. The lowest BCUT2D eigenvalue weighted by atomic mass is 10.2. The average molecular weight is 419 g/mol. The highest BCUT2D eigenvalue weighted by atomic mass is 79.9. The van der Waals surface area contributed by atoms with Gasteiger partial charge in [-0.3, -0.25) is 4.79 Å². The molecule has 0 saturated carbocycles. The molecule has 6 nitrogen and oxygen atoms in total. The summed E-state index contributed by atoms with van der Waals surface area (Å²) in [5.41, 5.74) is 0.740. The standard InChI is InChI=1S/C16H24BrN3O3S/c1-12(2)18-16(21)11-19-6-8-20(9-7-19)24(22,23)15-10-14(17)5-4-13(15)3/h4-5,10,12H,6-9,11H2,1-3H3,(H,18,21)/p+1. The minimum atomic E-state index is -3.50. The number of halogens is 1. The Morgan fingerprint density at radius 1 is 1.33 bits per heavy atom. The molecule has 1 aliphatic heterocycles. The summed E-state index contributed by atoms with van der Waals surface area (Å²) in [7, 11) is -3.50. The van der Waals surface area contributed by atoms with E-state index in [0.29, 0.717) is 37.6 Å². The summed E-state index contributed by atoms with van der Waals surface area (Å²) in [5.74, 6) is 0.0131. The van der Waals surface area contributed by atoms with Gasteiger partial charge in [0, 0.05) is 10.5 Å². The number of hydrogen-bond acceptors (Lipinski definition) is 3. The minimum absolute atomic E-state index is 0.0131. The molecule has 1 amide bonds. The molecule has 2 N–H and O–H groups in total. The van der Waals surface area contributed by atoms with Crippen LogP contribution in [0, 0.1) is 6.92 Å². The third-order valence-corrected chi connectivity index (χ3v) is 6.59. The molecule has 24 heavy (non-hydrogen) atoms. The van der Waals surface area contributed by atoms with Gasteiger partial charge in [-0.15, -0.1) is 0 Å². The molecule has 0 unspecified atom stereocenters. The lowest BCUT2D eigenvalue weighted by molar-refractivity contribution is -0.895. The van der Waals surface area contributed by atoms with Crippen molar-refractivity contribution < 1.29 is 18.1 Å². The summed E-state index contributed by atoms with van der Waals surface area (Å²) in [6, 6.07) is 5.41. The van der Waals surface area contributed by atoms with Crippen LogP contribution >= 0.6 is 15.9 Å². The first-order valence-electron chi connectivity index (χ1n) is 8.09. The quantitative estimate of drug-likeness (QED) is 0.715. The molecule has 0 radical (unpaired) electrons. The summed E-state index contributed by atoms with van der Waals surface area (Å²) in [6.45, 7) is 8.18. The van der Waals surface area contributed by atoms with E-state index < -0.39 is 10.0 Å². The van der Waals surface area contributed by atoms with Crippen molar-refractivity contribution in [2.24, 2.45) is 0 Å². The van der Waals surface area contributed by atoms with E-state index in [1.54, 1.807) is 19.1 Å². The molecule has 0 aliphatic carbocycles. The Hall–Kier alpha value is -0.960. The van der Waals surface area contributed by atoms with Crippen LogP contribution in [0.2, 0.25) is 0 Å². The van der Waals surface area contributed by atoms with Crippen molar-refractivity contribution in [2.45, 2.75) is 31.7 Å². The van der Waals surface area contributed by atoms with Gasteiger partial charge in [0.1, 0.15) is 0 Å². The molecule has 1 saturated heterocycles. The summed E-state index contributed by atoms with van der Waals surface area (Å²) < 4.78 is 28.0. The molecule has 1 aliphatic rings. The third-order valence-electron chi connectivity index (χ3n) is 4.06. The number of benzene rings is 1. The summed E-state index contributed by atoms with van der Waals surface area (Å²) >= 11 is 3.34. The zero-order valence-corrected chi connectivity index (χ0v) is 16.7. The van der Waals surface area contributed by atoms with Crippen LogP contribution in [0.1, 0.15) is 19.4 Å². The van der Waals surface area contributed by atoms with Gasteiger partial charge in [0.05, 0.1) is 31.1 Å². The number of carbonyl (C=O) groups excluding carboxylic acids is 1. The van der Waals surface area contributed by atoms with Crippen LogP contribution in [0.4, 0.5) is 0 Å². The SMILES string of the molecule is Cc1ccc(Br)cc1S(=O)(=O)N1CC[NH+](CC(=O)NC(C)C)CC1. The van der Waals surface area contributed by atoms with E-state index in [0.717, 1.165) is 14.9 Å². The highest BCUT2D eigenvalue weighted by Crippen LogP contribution is 2.23. The predicted molar refractivity (Wildman–Crippen MR) is 96.5 cm³/mol. The zero-order chi connectivity index (χ0) is 17.9. The van der Waals surface area contributed by atoms with Crippen molar-refractivity contribution >= 4 is 31.9 Å². The van der Waals surface area contributed by atoms with Crippen molar-refractivity contribution in [2.75, 3.05) is 32.7 Å². The largest absolute Gasteiger partial charge is 0.349 e. The van der Waals surface area contributed by atoms with Crippen molar-refractivity contribution in [3.63, 3.8) is 0 Å². The highest BCUT2D eigenvalue weighted by Gasteiger charge is 2.32. The fourth-order valence-electron chi connectivity index (χ4n) is 2.81. The van der Waals surface area contributed by atoms with Crippen LogP contribution in [0.25, 0.3) is 0 Å². The molecule has 1 fully saturated rings. The molecule has 1 aromatic rings. The van der Waals surface area contributed by atoms with Crippen molar-refractivity contribution in [1.82, 2.24) is 9.62 Å². The molecular weight excluding hydrogens is 394 g/mol. The first-order valence-corrected chi connectivity index (χ1v) is 10.3. The Morgan fingerprint density at radius 3 is 2.54 bits per heavy atom. The van der Waals surface area contributed by atoms with Crippen molar-refractivity contribution in [3.8, 4) is 0 Å². The van der Waals surface area contributed by atoms with Crippen LogP contribution in [0.15, 0.2) is 27.6 Å². The Labute approximate surface area is 152 Å². The van der Waals surface area contributed by atoms with Gasteiger partial charge in [-0.2, -0.15) is 4.31 Å². The highest BCUT2D eigenvalue weighted by molar-refractivity contribution is 9.10. The maximum Gasteiger partial charge on any atom is 0.275 e. The molecule has 134 valence electrons. The fraction of sp³-hybridized carbons (Fsp3) is 0.562. The molecule has 0 atom stereocenters. The van der Waals surface area contributed by atoms with Gasteiger partial charge in [0.15, 0.2) is 6.54 Å². The Morgan fingerprint density at radius 2 is 1.96 bits per heavy atom. The van der Waals surface area contributed by atoms with Gasteiger partial charge >= 0.3 is 0 Å². The second kappa shape index (κ2) is 7.95. The lowest BCUT2D eigenvalue weighted by Crippen LogP contribution is -3.15. The van der Waals surface area contributed by atoms with E-state index in [9.17, 15) is 13.2 Å².